The van der Waals surface area contributed by atoms with Crippen molar-refractivity contribution in [3.8, 4) is 17.2 Å². The standard InChI is InChI=1S/C29H40N2O5S/c1-28(2,3)22-14-20(15-23(26(22)33)29(4,5)6)27-31(25(32)18-37-27)11-10-30(7)12-13-34-21-9-8-19-17-35-36-24(19)16-21/h8-9,14-16,27,33H,10-13,17-18H2,1-7H3. The van der Waals surface area contributed by atoms with Crippen molar-refractivity contribution in [1.29, 1.82) is 0 Å². The molecule has 1 amide bonds. The first kappa shape index (κ1) is 27.6. The fourth-order valence-electron chi connectivity index (χ4n) is 4.60. The van der Waals surface area contributed by atoms with Gasteiger partial charge in [-0.3, -0.25) is 4.79 Å². The van der Waals surface area contributed by atoms with E-state index in [1.54, 1.807) is 11.8 Å². The van der Waals surface area contributed by atoms with E-state index in [1.807, 2.05) is 30.1 Å². The van der Waals surface area contributed by atoms with E-state index in [0.717, 1.165) is 41.1 Å². The van der Waals surface area contributed by atoms with Crippen molar-refractivity contribution in [3.05, 3.63) is 52.6 Å². The van der Waals surface area contributed by atoms with E-state index in [-0.39, 0.29) is 22.1 Å². The van der Waals surface area contributed by atoms with Crippen LogP contribution in [0.4, 0.5) is 0 Å². The van der Waals surface area contributed by atoms with Crippen LogP contribution in [-0.4, -0.2) is 59.9 Å². The Morgan fingerprint density at radius 3 is 2.41 bits per heavy atom. The minimum atomic E-state index is -0.212. The first-order chi connectivity index (χ1) is 17.3. The van der Waals surface area contributed by atoms with Gasteiger partial charge in [0.15, 0.2) is 5.75 Å². The molecule has 1 saturated heterocycles. The van der Waals surface area contributed by atoms with E-state index in [0.29, 0.717) is 37.0 Å². The highest BCUT2D eigenvalue weighted by molar-refractivity contribution is 8.00. The Hall–Kier alpha value is -2.42. The van der Waals surface area contributed by atoms with Crippen LogP contribution in [0.3, 0.4) is 0 Å². The molecule has 1 unspecified atom stereocenters. The molecule has 1 fully saturated rings. The average Bonchev–Trinajstić information content (AvgIpc) is 3.42. The molecule has 8 heteroatoms. The van der Waals surface area contributed by atoms with Crippen LogP contribution in [0.1, 0.15) is 69.2 Å². The van der Waals surface area contributed by atoms with Crippen molar-refractivity contribution < 1.29 is 24.4 Å². The summed E-state index contributed by atoms with van der Waals surface area (Å²) >= 11 is 1.66. The Morgan fingerprint density at radius 1 is 1.08 bits per heavy atom. The molecule has 2 aliphatic rings. The summed E-state index contributed by atoms with van der Waals surface area (Å²) in [6.45, 7) is 15.8. The summed E-state index contributed by atoms with van der Waals surface area (Å²) < 4.78 is 5.90. The third kappa shape index (κ3) is 6.36. The minimum absolute atomic E-state index is 0.0615. The number of nitrogens with zero attached hydrogens (tertiary/aromatic N) is 2. The molecule has 0 spiro atoms. The molecular weight excluding hydrogens is 488 g/mol. The number of hydrogen-bond acceptors (Lipinski definition) is 7. The van der Waals surface area contributed by atoms with Crippen molar-refractivity contribution in [2.45, 2.75) is 64.4 Å². The zero-order chi connectivity index (χ0) is 27.0. The van der Waals surface area contributed by atoms with Crippen LogP contribution in [0, 0.1) is 0 Å². The molecule has 0 bridgehead atoms. The van der Waals surface area contributed by atoms with E-state index in [9.17, 15) is 9.90 Å². The summed E-state index contributed by atoms with van der Waals surface area (Å²) in [5, 5.41) is 11.1. The molecule has 202 valence electrons. The van der Waals surface area contributed by atoms with Crippen LogP contribution in [0.5, 0.6) is 17.2 Å². The highest BCUT2D eigenvalue weighted by Gasteiger charge is 2.35. The van der Waals surface area contributed by atoms with E-state index in [4.69, 9.17) is 14.5 Å². The first-order valence-electron chi connectivity index (χ1n) is 12.9. The second kappa shape index (κ2) is 10.8. The van der Waals surface area contributed by atoms with E-state index in [2.05, 4.69) is 58.6 Å². The third-order valence-corrected chi connectivity index (χ3v) is 8.12. The molecule has 2 aliphatic heterocycles. The number of carbonyl (C=O) groups excluding carboxylic acids is 1. The molecule has 7 nitrogen and oxygen atoms in total. The number of thioether (sulfide) groups is 1. The Labute approximate surface area is 225 Å². The molecule has 2 aromatic carbocycles. The highest BCUT2D eigenvalue weighted by atomic mass is 32.2. The number of amides is 1. The largest absolute Gasteiger partial charge is 0.507 e. The number of fused-ring (bicyclic) bond motifs is 1. The van der Waals surface area contributed by atoms with Gasteiger partial charge in [-0.1, -0.05) is 41.5 Å². The zero-order valence-electron chi connectivity index (χ0n) is 23.1. The van der Waals surface area contributed by atoms with Crippen LogP contribution < -0.4 is 9.62 Å². The van der Waals surface area contributed by atoms with E-state index < -0.39 is 0 Å². The fourth-order valence-corrected chi connectivity index (χ4v) is 5.80. The molecule has 1 N–H and O–H groups in total. The van der Waals surface area contributed by atoms with Gasteiger partial charge in [0.25, 0.3) is 0 Å². The van der Waals surface area contributed by atoms with Gasteiger partial charge in [0.05, 0.1) is 5.75 Å². The van der Waals surface area contributed by atoms with Crippen LogP contribution in [0.15, 0.2) is 30.3 Å². The Kier molecular flexibility index (Phi) is 8.02. The number of carbonyl (C=O) groups is 1. The van der Waals surface area contributed by atoms with Crippen molar-refractivity contribution >= 4 is 17.7 Å². The second-order valence-corrected chi connectivity index (χ2v) is 13.1. The summed E-state index contributed by atoms with van der Waals surface area (Å²) in [4.78, 5) is 27.2. The van der Waals surface area contributed by atoms with E-state index >= 15 is 0 Å². The zero-order valence-corrected chi connectivity index (χ0v) is 23.9. The van der Waals surface area contributed by atoms with Crippen molar-refractivity contribution in [2.75, 3.05) is 39.0 Å². The maximum atomic E-state index is 12.9. The first-order valence-corrected chi connectivity index (χ1v) is 13.9. The maximum Gasteiger partial charge on any atom is 0.233 e. The van der Waals surface area contributed by atoms with Gasteiger partial charge in [-0.05, 0) is 58.8 Å². The summed E-state index contributed by atoms with van der Waals surface area (Å²) in [5.41, 5.74) is 3.52. The van der Waals surface area contributed by atoms with Gasteiger partial charge in [0, 0.05) is 31.3 Å². The van der Waals surface area contributed by atoms with Gasteiger partial charge in [-0.25, -0.2) is 0 Å². The number of rotatable bonds is 8. The number of likely N-dealkylation sites (N-methyl/N-ethyl adjacent to an activating group) is 1. The fraction of sp³-hybridized carbons (Fsp3) is 0.552. The molecule has 0 aliphatic carbocycles. The van der Waals surface area contributed by atoms with Gasteiger partial charge >= 0.3 is 0 Å². The van der Waals surface area contributed by atoms with Gasteiger partial charge in [0.1, 0.15) is 30.1 Å². The van der Waals surface area contributed by atoms with Gasteiger partial charge in [0.2, 0.25) is 5.91 Å². The number of aromatic hydroxyl groups is 1. The lowest BCUT2D eigenvalue weighted by Gasteiger charge is -2.31. The van der Waals surface area contributed by atoms with Crippen LogP contribution >= 0.6 is 11.8 Å². The van der Waals surface area contributed by atoms with Gasteiger partial charge < -0.3 is 24.5 Å². The number of hydrogen-bond donors (Lipinski definition) is 1. The SMILES string of the molecule is CN(CCOc1ccc2c(c1)OOC2)CCN1C(=O)CSC1c1cc(C(C)(C)C)c(O)c(C(C)(C)C)c1. The Morgan fingerprint density at radius 2 is 1.76 bits per heavy atom. The van der Waals surface area contributed by atoms with Crippen LogP contribution in [0.2, 0.25) is 0 Å². The normalized spacial score (nSPS) is 17.9. The molecule has 2 heterocycles. The summed E-state index contributed by atoms with van der Waals surface area (Å²) in [7, 11) is 2.04. The number of benzene rings is 2. The summed E-state index contributed by atoms with van der Waals surface area (Å²) in [6.07, 6.45) is 0. The molecule has 0 saturated carbocycles. The second-order valence-electron chi connectivity index (χ2n) is 12.0. The quantitative estimate of drug-likeness (QED) is 0.460. The lowest BCUT2D eigenvalue weighted by molar-refractivity contribution is -0.194. The monoisotopic (exact) mass is 528 g/mol. The lowest BCUT2D eigenvalue weighted by atomic mass is 9.78. The summed E-state index contributed by atoms with van der Waals surface area (Å²) in [5.74, 6) is 2.45. The van der Waals surface area contributed by atoms with E-state index in [1.165, 1.54) is 0 Å². The van der Waals surface area contributed by atoms with Crippen molar-refractivity contribution in [3.63, 3.8) is 0 Å². The lowest BCUT2D eigenvalue weighted by Crippen LogP contribution is -2.37. The average molecular weight is 529 g/mol. The molecular formula is C29H40N2O5S. The van der Waals surface area contributed by atoms with Gasteiger partial charge in [-0.15, -0.1) is 11.8 Å². The predicted octanol–water partition coefficient (Wildman–Crippen LogP) is 5.40. The minimum Gasteiger partial charge on any atom is -0.507 e. The number of ether oxygens (including phenoxy) is 1. The van der Waals surface area contributed by atoms with Crippen molar-refractivity contribution in [2.24, 2.45) is 0 Å². The Balaban J connectivity index is 1.40. The van der Waals surface area contributed by atoms with Gasteiger partial charge in [-0.2, -0.15) is 4.89 Å². The topological polar surface area (TPSA) is 71.5 Å². The van der Waals surface area contributed by atoms with Crippen LogP contribution in [0.25, 0.3) is 0 Å². The van der Waals surface area contributed by atoms with Crippen LogP contribution in [-0.2, 0) is 27.1 Å². The number of phenols is 1. The molecule has 0 aromatic heterocycles. The molecule has 2 aromatic rings. The predicted molar refractivity (Wildman–Crippen MR) is 147 cm³/mol. The third-order valence-electron chi connectivity index (χ3n) is 6.87. The highest BCUT2D eigenvalue weighted by Crippen LogP contribution is 2.45. The molecule has 0 radical (unpaired) electrons. The van der Waals surface area contributed by atoms with Crippen molar-refractivity contribution in [1.82, 2.24) is 9.80 Å². The molecule has 37 heavy (non-hydrogen) atoms. The number of phenolic OH excluding ortho intramolecular Hbond substituents is 1. The maximum absolute atomic E-state index is 12.9. The molecule has 4 rings (SSSR count). The molecule has 1 atom stereocenters. The Bertz CT molecular complexity index is 1100. The smallest absolute Gasteiger partial charge is 0.233 e. The summed E-state index contributed by atoms with van der Waals surface area (Å²) in [6, 6.07) is 9.92.